The van der Waals surface area contributed by atoms with E-state index >= 15 is 0 Å². The molecule has 4 aromatic heterocycles. The molecule has 0 spiro atoms. The summed E-state index contributed by atoms with van der Waals surface area (Å²) in [5, 5.41) is 35.6. The van der Waals surface area contributed by atoms with E-state index in [0.29, 0.717) is 53.7 Å². The van der Waals surface area contributed by atoms with Crippen LogP contribution in [0.3, 0.4) is 0 Å². The largest absolute Gasteiger partial charge is 0.418 e. The Balaban J connectivity index is 0.873. The number of fused-ring (bicyclic) bond motifs is 4. The second kappa shape index (κ2) is 15.6. The van der Waals surface area contributed by atoms with Gasteiger partial charge in [0, 0.05) is 29.2 Å². The Kier molecular flexibility index (Phi) is 9.89. The highest BCUT2D eigenvalue weighted by Gasteiger charge is 2.41. The lowest BCUT2D eigenvalue weighted by Gasteiger charge is -2.30. The number of benzene rings is 4. The Morgan fingerprint density at radius 3 is 1.73 bits per heavy atom. The van der Waals surface area contributed by atoms with Gasteiger partial charge in [-0.25, -0.2) is 9.36 Å². The number of aromatic nitrogens is 8. The monoisotopic (exact) mass is 871 g/mol. The molecule has 2 atom stereocenters. The Bertz CT molecular complexity index is 3210. The van der Waals surface area contributed by atoms with Crippen LogP contribution in [0.2, 0.25) is 0 Å². The van der Waals surface area contributed by atoms with E-state index in [9.17, 15) is 31.6 Å². The molecular weight excluding hydrogens is 835 g/mol. The fourth-order valence-electron chi connectivity index (χ4n) is 9.21. The number of nitriles is 1. The molecule has 2 aliphatic carbocycles. The number of rotatable bonds is 7. The molecule has 0 fully saturated rings. The lowest BCUT2D eigenvalue weighted by Crippen LogP contribution is -2.22. The molecule has 18 heteroatoms. The van der Waals surface area contributed by atoms with Crippen LogP contribution >= 0.6 is 0 Å². The Morgan fingerprint density at radius 2 is 1.20 bits per heavy atom. The van der Waals surface area contributed by atoms with E-state index < -0.39 is 29.5 Å². The molecule has 8 aromatic rings. The molecule has 2 N–H and O–H groups in total. The van der Waals surface area contributed by atoms with Crippen molar-refractivity contribution in [3.63, 3.8) is 0 Å². The van der Waals surface area contributed by atoms with Crippen LogP contribution in [0.25, 0.3) is 38.0 Å². The average Bonchev–Trinajstić information content (AvgIpc) is 4.09. The topological polar surface area (TPSA) is 123 Å². The number of anilines is 2. The summed E-state index contributed by atoms with van der Waals surface area (Å²) in [6.45, 7) is -0.114. The number of halogens is 6. The van der Waals surface area contributed by atoms with Gasteiger partial charge in [0.05, 0.1) is 83.1 Å². The number of hydrogen-bond donors (Lipinski definition) is 2. The van der Waals surface area contributed by atoms with Gasteiger partial charge in [0.15, 0.2) is 0 Å². The van der Waals surface area contributed by atoms with Crippen LogP contribution in [0.5, 0.6) is 0 Å². The normalized spacial score (nSPS) is 16.2. The molecule has 322 valence electrons. The molecule has 2 aliphatic rings. The molecule has 0 saturated heterocycles. The van der Waals surface area contributed by atoms with Crippen LogP contribution in [0.15, 0.2) is 97.8 Å². The maximum absolute atomic E-state index is 14.9. The van der Waals surface area contributed by atoms with E-state index in [4.69, 9.17) is 0 Å². The molecule has 0 radical (unpaired) electrons. The van der Waals surface area contributed by atoms with Gasteiger partial charge in [0.1, 0.15) is 16.9 Å². The maximum Gasteiger partial charge on any atom is 0.418 e. The van der Waals surface area contributed by atoms with E-state index in [-0.39, 0.29) is 47.8 Å². The Hall–Kier alpha value is -7.60. The number of alkyl halides is 6. The van der Waals surface area contributed by atoms with Crippen molar-refractivity contribution < 1.29 is 26.3 Å². The van der Waals surface area contributed by atoms with E-state index in [1.165, 1.54) is 16.8 Å². The van der Waals surface area contributed by atoms with Crippen molar-refractivity contribution in [3.8, 4) is 23.5 Å². The van der Waals surface area contributed by atoms with Gasteiger partial charge in [0.25, 0.3) is 0 Å². The summed E-state index contributed by atoms with van der Waals surface area (Å²) in [5.41, 5.74) is 3.63. The van der Waals surface area contributed by atoms with Crippen LogP contribution in [0, 0.1) is 17.4 Å². The zero-order valence-corrected chi connectivity index (χ0v) is 34.1. The van der Waals surface area contributed by atoms with Gasteiger partial charge in [-0.15, -0.1) is 0 Å². The van der Waals surface area contributed by atoms with Gasteiger partial charge in [-0.1, -0.05) is 17.0 Å². The lowest BCUT2D eigenvalue weighted by atomic mass is 9.82. The Labute approximate surface area is 361 Å². The maximum atomic E-state index is 14.9. The summed E-state index contributed by atoms with van der Waals surface area (Å²) in [6.07, 6.45) is 3.73. The van der Waals surface area contributed by atoms with Crippen molar-refractivity contribution >= 4 is 33.2 Å². The predicted octanol–water partition coefficient (Wildman–Crippen LogP) is 10.5. The van der Waals surface area contributed by atoms with Gasteiger partial charge < -0.3 is 10.6 Å². The molecule has 0 saturated carbocycles. The zero-order chi connectivity index (χ0) is 44.3. The van der Waals surface area contributed by atoms with E-state index in [2.05, 4.69) is 41.9 Å². The van der Waals surface area contributed by atoms with Gasteiger partial charge in [-0.05, 0) is 109 Å². The fraction of sp³-hybridized carbons (Fsp3) is 0.261. The van der Waals surface area contributed by atoms with Crippen LogP contribution in [0.1, 0.15) is 82.3 Å². The first-order chi connectivity index (χ1) is 30.8. The van der Waals surface area contributed by atoms with Crippen molar-refractivity contribution in [1.29, 1.82) is 5.26 Å². The van der Waals surface area contributed by atoms with Crippen LogP contribution < -0.4 is 10.6 Å². The highest BCUT2D eigenvalue weighted by Crippen LogP contribution is 2.44. The number of hydrogen-bond acceptors (Lipinski definition) is 7. The summed E-state index contributed by atoms with van der Waals surface area (Å²) < 4.78 is 93.5. The summed E-state index contributed by atoms with van der Waals surface area (Å²) in [6, 6.07) is 20.9. The summed E-state index contributed by atoms with van der Waals surface area (Å²) in [4.78, 5) is 4.26. The predicted molar refractivity (Wildman–Crippen MR) is 227 cm³/mol. The molecule has 10 rings (SSSR count). The molecular formula is C46H37F6N12+. The van der Waals surface area contributed by atoms with Gasteiger partial charge in [0.2, 0.25) is 0 Å². The lowest BCUT2D eigenvalue weighted by molar-refractivity contribution is -0.139. The van der Waals surface area contributed by atoms with Crippen molar-refractivity contribution in [2.24, 2.45) is 7.05 Å². The molecule has 12 nitrogen and oxygen atoms in total. The van der Waals surface area contributed by atoms with E-state index in [1.807, 2.05) is 49.6 Å². The minimum atomic E-state index is -4.65. The number of aryl methyl sites for hydroxylation is 1. The summed E-state index contributed by atoms with van der Waals surface area (Å²) in [5.74, 6) is 0. The summed E-state index contributed by atoms with van der Waals surface area (Å²) in [7, 11) is 1.82. The highest BCUT2D eigenvalue weighted by atomic mass is 19.4. The highest BCUT2D eigenvalue weighted by molar-refractivity contribution is 5.85. The standard InChI is InChI=1S/C46H37F6N12/c1-61-24-33(22-55-61)63-41-16-31(12-8-28(41)20-57-63)60-40-7-3-5-38-36(40)15-11-30(44(38)46(50,51)52)19-54-26-62-25-34(23-56-62)64-42-17-32(13-9-29(42)21-58-64)59-39-6-2-4-37-35(39)14-10-27(18-53)43(37)45(47,48)49/h8-17,20-25,39-40,59-60H,2-7,26H2,1H3/q+1/t39-,40+/m1/s1. The fourth-order valence-corrected chi connectivity index (χ4v) is 9.21. The second-order valence-corrected chi connectivity index (χ2v) is 16.1. The van der Waals surface area contributed by atoms with Gasteiger partial charge in [-0.2, -0.15) is 56.7 Å². The zero-order valence-electron chi connectivity index (χ0n) is 34.1. The number of nitrogens with one attached hydrogen (secondary N) is 2. The SMILES string of the molecule is Cn1cc(-n2ncc3ccc(N[C@H]4CCCc5c4ccc(C#[N+]Cn4cc(-n6ncc7ccc(N[C@@H]8CCCc9c8ccc(C#N)c9C(F)(F)F)cc76)cn4)c5C(F)(F)F)cc32)cn1. The molecule has 4 heterocycles. The van der Waals surface area contributed by atoms with Crippen molar-refractivity contribution in [2.75, 3.05) is 10.6 Å². The third kappa shape index (κ3) is 7.44. The molecule has 64 heavy (non-hydrogen) atoms. The molecule has 4 aromatic carbocycles. The average molecular weight is 872 g/mol. The van der Waals surface area contributed by atoms with Crippen molar-refractivity contribution in [3.05, 3.63) is 147 Å². The van der Waals surface area contributed by atoms with Crippen LogP contribution in [-0.2, 0) is 38.9 Å². The smallest absolute Gasteiger partial charge is 0.378 e. The van der Waals surface area contributed by atoms with Crippen LogP contribution in [0.4, 0.5) is 37.7 Å². The van der Waals surface area contributed by atoms with Crippen LogP contribution in [-0.4, -0.2) is 39.1 Å². The molecule has 0 amide bonds. The van der Waals surface area contributed by atoms with Crippen molar-refractivity contribution in [1.82, 2.24) is 39.1 Å². The van der Waals surface area contributed by atoms with E-state index in [1.54, 1.807) is 63.2 Å². The molecule has 0 aliphatic heterocycles. The van der Waals surface area contributed by atoms with Gasteiger partial charge >= 0.3 is 25.1 Å². The first kappa shape index (κ1) is 40.5. The Morgan fingerprint density at radius 1 is 0.672 bits per heavy atom. The quantitative estimate of drug-likeness (QED) is 0.153. The third-order valence-corrected chi connectivity index (χ3v) is 12.0. The first-order valence-corrected chi connectivity index (χ1v) is 20.6. The number of nitrogens with zero attached hydrogens (tertiary/aromatic N) is 10. The summed E-state index contributed by atoms with van der Waals surface area (Å²) >= 11 is 0. The minimum Gasteiger partial charge on any atom is -0.378 e. The van der Waals surface area contributed by atoms with E-state index in [0.717, 1.165) is 27.7 Å². The minimum absolute atomic E-state index is 0.114. The second-order valence-electron chi connectivity index (χ2n) is 16.1. The molecule has 0 unspecified atom stereocenters. The van der Waals surface area contributed by atoms with Gasteiger partial charge in [-0.3, -0.25) is 4.68 Å². The van der Waals surface area contributed by atoms with Crippen molar-refractivity contribution in [2.45, 2.75) is 69.6 Å². The molecule has 0 bridgehead atoms. The first-order valence-electron chi connectivity index (χ1n) is 20.6. The third-order valence-electron chi connectivity index (χ3n) is 12.0.